The lowest BCUT2D eigenvalue weighted by molar-refractivity contribution is 0.0938. The van der Waals surface area contributed by atoms with Crippen LogP contribution in [-0.4, -0.2) is 42.0 Å². The van der Waals surface area contributed by atoms with E-state index in [1.165, 1.54) is 0 Å². The SMILES string of the molecule is CN1CCC(NC(=O)c2ccnc(NN)c2)C1. The van der Waals surface area contributed by atoms with E-state index in [2.05, 4.69) is 27.7 Å². The molecular formula is C11H17N5O. The number of carbonyl (C=O) groups is 1. The maximum absolute atomic E-state index is 11.9. The summed E-state index contributed by atoms with van der Waals surface area (Å²) in [6.45, 7) is 1.93. The number of rotatable bonds is 3. The summed E-state index contributed by atoms with van der Waals surface area (Å²) in [7, 11) is 2.05. The summed E-state index contributed by atoms with van der Waals surface area (Å²) in [6, 6.07) is 3.54. The molecule has 92 valence electrons. The fourth-order valence-corrected chi connectivity index (χ4v) is 1.97. The van der Waals surface area contributed by atoms with Crippen LogP contribution in [0.15, 0.2) is 18.3 Å². The fraction of sp³-hybridized carbons (Fsp3) is 0.455. The lowest BCUT2D eigenvalue weighted by Crippen LogP contribution is -2.36. The van der Waals surface area contributed by atoms with Crippen molar-refractivity contribution in [1.82, 2.24) is 15.2 Å². The average Bonchev–Trinajstić information content (AvgIpc) is 2.75. The second-order valence-corrected chi connectivity index (χ2v) is 4.30. The van der Waals surface area contributed by atoms with Gasteiger partial charge in [-0.2, -0.15) is 0 Å². The summed E-state index contributed by atoms with van der Waals surface area (Å²) in [4.78, 5) is 18.1. The van der Waals surface area contributed by atoms with Gasteiger partial charge in [0.15, 0.2) is 0 Å². The minimum Gasteiger partial charge on any atom is -0.348 e. The molecule has 0 aliphatic carbocycles. The molecule has 2 heterocycles. The van der Waals surface area contributed by atoms with Crippen LogP contribution in [-0.2, 0) is 0 Å². The first-order valence-electron chi connectivity index (χ1n) is 5.61. The highest BCUT2D eigenvalue weighted by Gasteiger charge is 2.21. The van der Waals surface area contributed by atoms with Crippen molar-refractivity contribution < 1.29 is 4.79 Å². The van der Waals surface area contributed by atoms with Crippen LogP contribution in [0.25, 0.3) is 0 Å². The van der Waals surface area contributed by atoms with Gasteiger partial charge < -0.3 is 15.6 Å². The lowest BCUT2D eigenvalue weighted by Gasteiger charge is -2.13. The van der Waals surface area contributed by atoms with Crippen LogP contribution < -0.4 is 16.6 Å². The Labute approximate surface area is 100 Å². The summed E-state index contributed by atoms with van der Waals surface area (Å²) < 4.78 is 0. The second-order valence-electron chi connectivity index (χ2n) is 4.30. The number of hydrogen-bond acceptors (Lipinski definition) is 5. The Kier molecular flexibility index (Phi) is 3.55. The number of amides is 1. The number of hydrogen-bond donors (Lipinski definition) is 3. The number of nitrogen functional groups attached to an aromatic ring is 1. The van der Waals surface area contributed by atoms with E-state index in [4.69, 9.17) is 5.84 Å². The number of hydrazine groups is 1. The van der Waals surface area contributed by atoms with Gasteiger partial charge in [-0.25, -0.2) is 10.8 Å². The van der Waals surface area contributed by atoms with E-state index in [-0.39, 0.29) is 11.9 Å². The van der Waals surface area contributed by atoms with Gasteiger partial charge in [0.05, 0.1) is 0 Å². The van der Waals surface area contributed by atoms with Crippen LogP contribution in [0.1, 0.15) is 16.8 Å². The highest BCUT2D eigenvalue weighted by Crippen LogP contribution is 2.09. The predicted octanol–water partition coefficient (Wildman–Crippen LogP) is -0.199. The number of aromatic nitrogens is 1. The van der Waals surface area contributed by atoms with E-state index in [1.807, 2.05) is 0 Å². The Hall–Kier alpha value is -1.66. The standard InChI is InChI=1S/C11H17N5O/c1-16-5-3-9(7-16)14-11(17)8-2-4-13-10(6-8)15-12/h2,4,6,9H,3,5,7,12H2,1H3,(H,13,15)(H,14,17). The summed E-state index contributed by atoms with van der Waals surface area (Å²) in [5.41, 5.74) is 3.00. The zero-order valence-electron chi connectivity index (χ0n) is 9.81. The molecule has 4 N–H and O–H groups in total. The van der Waals surface area contributed by atoms with Crippen molar-refractivity contribution in [3.05, 3.63) is 23.9 Å². The highest BCUT2D eigenvalue weighted by atomic mass is 16.1. The molecule has 1 aliphatic heterocycles. The van der Waals surface area contributed by atoms with E-state index in [9.17, 15) is 4.79 Å². The Morgan fingerprint density at radius 2 is 2.47 bits per heavy atom. The summed E-state index contributed by atoms with van der Waals surface area (Å²) >= 11 is 0. The van der Waals surface area contributed by atoms with Crippen molar-refractivity contribution in [2.24, 2.45) is 5.84 Å². The molecule has 1 aromatic rings. The molecule has 6 heteroatoms. The molecule has 1 saturated heterocycles. The largest absolute Gasteiger partial charge is 0.348 e. The molecule has 1 unspecified atom stereocenters. The predicted molar refractivity (Wildman–Crippen MR) is 65.4 cm³/mol. The third-order valence-corrected chi connectivity index (χ3v) is 2.90. The summed E-state index contributed by atoms with van der Waals surface area (Å²) in [5, 5.41) is 3.00. The van der Waals surface area contributed by atoms with E-state index in [1.54, 1.807) is 18.3 Å². The van der Waals surface area contributed by atoms with E-state index in [0.29, 0.717) is 11.4 Å². The molecule has 1 amide bonds. The number of likely N-dealkylation sites (N-methyl/N-ethyl adjacent to an activating group) is 1. The van der Waals surface area contributed by atoms with Gasteiger partial charge in [0.2, 0.25) is 0 Å². The first-order valence-corrected chi connectivity index (χ1v) is 5.61. The van der Waals surface area contributed by atoms with Gasteiger partial charge in [-0.1, -0.05) is 0 Å². The lowest BCUT2D eigenvalue weighted by atomic mass is 10.2. The number of anilines is 1. The topological polar surface area (TPSA) is 83.3 Å². The minimum absolute atomic E-state index is 0.0794. The first-order chi connectivity index (χ1) is 8.19. The van der Waals surface area contributed by atoms with Gasteiger partial charge in [0, 0.05) is 24.3 Å². The molecule has 0 spiro atoms. The summed E-state index contributed by atoms with van der Waals surface area (Å²) in [5.74, 6) is 5.66. The molecule has 1 fully saturated rings. The molecule has 0 radical (unpaired) electrons. The smallest absolute Gasteiger partial charge is 0.251 e. The molecule has 1 aromatic heterocycles. The number of nitrogens with zero attached hydrogens (tertiary/aromatic N) is 2. The van der Waals surface area contributed by atoms with Crippen LogP contribution in [0, 0.1) is 0 Å². The third-order valence-electron chi connectivity index (χ3n) is 2.90. The molecule has 0 bridgehead atoms. The van der Waals surface area contributed by atoms with Crippen LogP contribution in [0.4, 0.5) is 5.82 Å². The normalized spacial score (nSPS) is 20.2. The minimum atomic E-state index is -0.0794. The van der Waals surface area contributed by atoms with Gasteiger partial charge in [-0.3, -0.25) is 4.79 Å². The van der Waals surface area contributed by atoms with Crippen molar-refractivity contribution in [3.8, 4) is 0 Å². The average molecular weight is 235 g/mol. The molecular weight excluding hydrogens is 218 g/mol. The quantitative estimate of drug-likeness (QED) is 0.499. The monoisotopic (exact) mass is 235 g/mol. The number of carbonyl (C=O) groups excluding carboxylic acids is 1. The van der Waals surface area contributed by atoms with Crippen molar-refractivity contribution >= 4 is 11.7 Å². The van der Waals surface area contributed by atoms with Gasteiger partial charge in [0.1, 0.15) is 5.82 Å². The van der Waals surface area contributed by atoms with Crippen molar-refractivity contribution in [1.29, 1.82) is 0 Å². The third kappa shape index (κ3) is 2.92. The van der Waals surface area contributed by atoms with E-state index in [0.717, 1.165) is 19.5 Å². The van der Waals surface area contributed by atoms with E-state index < -0.39 is 0 Å². The number of nitrogens with one attached hydrogen (secondary N) is 2. The Bertz CT molecular complexity index is 409. The highest BCUT2D eigenvalue weighted by molar-refractivity contribution is 5.95. The molecule has 1 aliphatic rings. The zero-order valence-corrected chi connectivity index (χ0v) is 9.81. The van der Waals surface area contributed by atoms with Gasteiger partial charge in [-0.05, 0) is 32.1 Å². The maximum Gasteiger partial charge on any atom is 0.251 e. The number of pyridine rings is 1. The Morgan fingerprint density at radius 3 is 3.12 bits per heavy atom. The van der Waals surface area contributed by atoms with Crippen molar-refractivity contribution in [2.75, 3.05) is 25.6 Å². The number of likely N-dealkylation sites (tertiary alicyclic amines) is 1. The Balaban J connectivity index is 1.99. The molecule has 1 atom stereocenters. The van der Waals surface area contributed by atoms with Crippen LogP contribution in [0.3, 0.4) is 0 Å². The second kappa shape index (κ2) is 5.11. The van der Waals surface area contributed by atoms with Crippen LogP contribution in [0.2, 0.25) is 0 Å². The molecule has 0 aromatic carbocycles. The number of nitrogens with two attached hydrogens (primary N) is 1. The molecule has 0 saturated carbocycles. The van der Waals surface area contributed by atoms with Crippen molar-refractivity contribution in [3.63, 3.8) is 0 Å². The molecule has 2 rings (SSSR count). The van der Waals surface area contributed by atoms with Gasteiger partial charge in [0.25, 0.3) is 5.91 Å². The first kappa shape index (κ1) is 11.8. The zero-order chi connectivity index (χ0) is 12.3. The van der Waals surface area contributed by atoms with Gasteiger partial charge in [-0.15, -0.1) is 0 Å². The fourth-order valence-electron chi connectivity index (χ4n) is 1.97. The maximum atomic E-state index is 11.9. The van der Waals surface area contributed by atoms with E-state index >= 15 is 0 Å². The molecule has 17 heavy (non-hydrogen) atoms. The summed E-state index contributed by atoms with van der Waals surface area (Å²) in [6.07, 6.45) is 2.56. The van der Waals surface area contributed by atoms with Gasteiger partial charge >= 0.3 is 0 Å². The molecule has 6 nitrogen and oxygen atoms in total. The van der Waals surface area contributed by atoms with Crippen LogP contribution in [0.5, 0.6) is 0 Å². The van der Waals surface area contributed by atoms with Crippen LogP contribution >= 0.6 is 0 Å². The van der Waals surface area contributed by atoms with Crippen molar-refractivity contribution in [2.45, 2.75) is 12.5 Å². The Morgan fingerprint density at radius 1 is 1.65 bits per heavy atom.